The van der Waals surface area contributed by atoms with Crippen molar-refractivity contribution in [2.45, 2.75) is 82.6 Å². The zero-order valence-corrected chi connectivity index (χ0v) is 23.5. The number of nitrogens with one attached hydrogen (secondary N) is 1. The summed E-state index contributed by atoms with van der Waals surface area (Å²) in [5.41, 5.74) is -1.74. The number of halogens is 3. The van der Waals surface area contributed by atoms with Crippen LogP contribution >= 0.6 is 0 Å². The van der Waals surface area contributed by atoms with Crippen LogP contribution in [-0.4, -0.2) is 67.4 Å². The fourth-order valence-electron chi connectivity index (χ4n) is 5.21. The number of hydrogen-bond donors (Lipinski definition) is 1. The van der Waals surface area contributed by atoms with Crippen LogP contribution < -0.4 is 5.32 Å². The van der Waals surface area contributed by atoms with Gasteiger partial charge in [-0.15, -0.1) is 0 Å². The second-order valence-electron chi connectivity index (χ2n) is 11.7. The summed E-state index contributed by atoms with van der Waals surface area (Å²) in [5.74, 6) is -0.414. The average Bonchev–Trinajstić information content (AvgIpc) is 3.37. The molecule has 3 rings (SSSR count). The molecule has 1 N–H and O–H groups in total. The first-order valence-corrected chi connectivity index (χ1v) is 14.3. The van der Waals surface area contributed by atoms with Crippen molar-refractivity contribution >= 4 is 22.0 Å². The summed E-state index contributed by atoms with van der Waals surface area (Å²) in [6.45, 7) is 9.41. The number of likely N-dealkylation sites (N-methyl/N-ethyl adjacent to an activating group) is 1. The highest BCUT2D eigenvalue weighted by atomic mass is 32.2. The molecule has 0 bridgehead atoms. The molecule has 0 aromatic heterocycles. The topological polar surface area (TPSA) is 96.0 Å². The Kier molecular flexibility index (Phi) is 8.77. The molecule has 0 radical (unpaired) electrons. The van der Waals surface area contributed by atoms with Crippen LogP contribution in [0.25, 0.3) is 0 Å². The number of alkyl halides is 3. The summed E-state index contributed by atoms with van der Waals surface area (Å²) >= 11 is 0. The Balaban J connectivity index is 1.73. The molecule has 12 heteroatoms. The molecule has 8 nitrogen and oxygen atoms in total. The SMILES string of the molecule is CC(C)C[C@@H](C(=O)N[C@H]1CC[C@@H]2CN(S(=O)(=O)c3cccc(C(F)(F)F)c3)C[C@@H]21)N(C)C(=O)OC(C)(C)C. The molecule has 1 heterocycles. The van der Waals surface area contributed by atoms with E-state index >= 15 is 0 Å². The number of carbonyl (C=O) groups excluding carboxylic acids is 2. The number of ether oxygens (including phenoxy) is 1. The predicted octanol–water partition coefficient (Wildman–Crippen LogP) is 4.50. The molecule has 1 aromatic carbocycles. The third kappa shape index (κ3) is 6.99. The number of hydrogen-bond acceptors (Lipinski definition) is 5. The van der Waals surface area contributed by atoms with Gasteiger partial charge in [-0.1, -0.05) is 19.9 Å². The van der Waals surface area contributed by atoms with Gasteiger partial charge in [-0.3, -0.25) is 9.69 Å². The van der Waals surface area contributed by atoms with Crippen molar-refractivity contribution in [2.75, 3.05) is 20.1 Å². The highest BCUT2D eigenvalue weighted by molar-refractivity contribution is 7.89. The molecular formula is C26H38F3N3O5S. The summed E-state index contributed by atoms with van der Waals surface area (Å²) in [6, 6.07) is 2.68. The van der Waals surface area contributed by atoms with Gasteiger partial charge in [0.05, 0.1) is 10.5 Å². The van der Waals surface area contributed by atoms with Crippen molar-refractivity contribution in [3.8, 4) is 0 Å². The van der Waals surface area contributed by atoms with Crippen LogP contribution in [0.5, 0.6) is 0 Å². The van der Waals surface area contributed by atoms with E-state index in [1.807, 2.05) is 13.8 Å². The van der Waals surface area contributed by atoms with Gasteiger partial charge >= 0.3 is 12.3 Å². The fraction of sp³-hybridized carbons (Fsp3) is 0.692. The van der Waals surface area contributed by atoms with Crippen LogP contribution in [0, 0.1) is 17.8 Å². The Labute approximate surface area is 222 Å². The van der Waals surface area contributed by atoms with Crippen molar-refractivity contribution in [3.05, 3.63) is 29.8 Å². The van der Waals surface area contributed by atoms with E-state index in [9.17, 15) is 31.2 Å². The molecule has 1 saturated heterocycles. The van der Waals surface area contributed by atoms with Gasteiger partial charge in [0.1, 0.15) is 11.6 Å². The van der Waals surface area contributed by atoms with E-state index in [-0.39, 0.29) is 42.8 Å². The molecule has 1 saturated carbocycles. The van der Waals surface area contributed by atoms with E-state index in [4.69, 9.17) is 4.74 Å². The van der Waals surface area contributed by atoms with Crippen molar-refractivity contribution in [1.29, 1.82) is 0 Å². The molecule has 2 aliphatic rings. The minimum absolute atomic E-state index is 0.0204. The van der Waals surface area contributed by atoms with Crippen molar-refractivity contribution in [3.63, 3.8) is 0 Å². The molecule has 2 amide bonds. The third-order valence-corrected chi connectivity index (χ3v) is 8.92. The second-order valence-corrected chi connectivity index (χ2v) is 13.6. The first-order valence-electron chi connectivity index (χ1n) is 12.8. The number of fused-ring (bicyclic) bond motifs is 1. The van der Waals surface area contributed by atoms with Gasteiger partial charge < -0.3 is 10.1 Å². The van der Waals surface area contributed by atoms with Crippen LogP contribution in [0.4, 0.5) is 18.0 Å². The first kappa shape index (κ1) is 30.2. The maximum Gasteiger partial charge on any atom is 0.416 e. The molecule has 4 atom stereocenters. The van der Waals surface area contributed by atoms with Gasteiger partial charge in [0.25, 0.3) is 0 Å². The molecule has 38 heavy (non-hydrogen) atoms. The van der Waals surface area contributed by atoms with Crippen molar-refractivity contribution < 1.29 is 35.9 Å². The molecular weight excluding hydrogens is 523 g/mol. The quantitative estimate of drug-likeness (QED) is 0.529. The lowest BCUT2D eigenvalue weighted by Crippen LogP contribution is -2.52. The smallest absolute Gasteiger partial charge is 0.416 e. The van der Waals surface area contributed by atoms with E-state index < -0.39 is 44.4 Å². The Morgan fingerprint density at radius 3 is 2.39 bits per heavy atom. The third-order valence-electron chi connectivity index (χ3n) is 7.10. The molecule has 214 valence electrons. The zero-order chi connectivity index (χ0) is 28.6. The maximum absolute atomic E-state index is 13.4. The summed E-state index contributed by atoms with van der Waals surface area (Å²) < 4.78 is 72.5. The molecule has 1 aliphatic carbocycles. The van der Waals surface area contributed by atoms with Gasteiger partial charge in [0.15, 0.2) is 0 Å². The minimum Gasteiger partial charge on any atom is -0.444 e. The number of rotatable bonds is 7. The lowest BCUT2D eigenvalue weighted by molar-refractivity contribution is -0.137. The molecule has 0 unspecified atom stereocenters. The maximum atomic E-state index is 13.4. The zero-order valence-electron chi connectivity index (χ0n) is 22.7. The average molecular weight is 562 g/mol. The number of sulfonamides is 1. The number of amides is 2. The minimum atomic E-state index is -4.65. The van der Waals surface area contributed by atoms with E-state index in [1.165, 1.54) is 22.3 Å². The Morgan fingerprint density at radius 2 is 1.82 bits per heavy atom. The number of carbonyl (C=O) groups is 2. The van der Waals surface area contributed by atoms with Crippen molar-refractivity contribution in [1.82, 2.24) is 14.5 Å². The fourth-order valence-corrected chi connectivity index (χ4v) is 6.79. The van der Waals surface area contributed by atoms with E-state index in [2.05, 4.69) is 5.32 Å². The highest BCUT2D eigenvalue weighted by Gasteiger charge is 2.47. The second kappa shape index (κ2) is 11.0. The number of nitrogens with zero attached hydrogens (tertiary/aromatic N) is 2. The van der Waals surface area contributed by atoms with Gasteiger partial charge in [0.2, 0.25) is 15.9 Å². The molecule has 2 fully saturated rings. The van der Waals surface area contributed by atoms with Crippen LogP contribution in [0.2, 0.25) is 0 Å². The first-order chi connectivity index (χ1) is 17.4. The normalized spacial score (nSPS) is 23.3. The Hall–Kier alpha value is -2.34. The monoisotopic (exact) mass is 561 g/mol. The van der Waals surface area contributed by atoms with Crippen LogP contribution in [0.15, 0.2) is 29.2 Å². The van der Waals surface area contributed by atoms with Crippen LogP contribution in [0.1, 0.15) is 59.4 Å². The standard InChI is InChI=1S/C26H38F3N3O5S/c1-16(2)12-22(31(6)24(34)37-25(3,4)5)23(33)30-21-11-10-17-14-32(15-20(17)21)38(35,36)19-9-7-8-18(13-19)26(27,28)29/h7-9,13,16-17,20-22H,10-12,14-15H2,1-6H3,(H,30,33)/t17-,20+,21+,22+/m1/s1. The van der Waals surface area contributed by atoms with E-state index in [0.29, 0.717) is 25.3 Å². The summed E-state index contributed by atoms with van der Waals surface area (Å²) in [4.78, 5) is 26.9. The van der Waals surface area contributed by atoms with Crippen molar-refractivity contribution in [2.24, 2.45) is 17.8 Å². The summed E-state index contributed by atoms with van der Waals surface area (Å²) in [6.07, 6.45) is -3.51. The lowest BCUT2D eigenvalue weighted by atomic mass is 9.96. The molecule has 1 aromatic rings. The van der Waals surface area contributed by atoms with Gasteiger partial charge in [-0.25, -0.2) is 13.2 Å². The van der Waals surface area contributed by atoms with E-state index in [1.54, 1.807) is 20.8 Å². The molecule has 1 aliphatic heterocycles. The lowest BCUT2D eigenvalue weighted by Gasteiger charge is -2.32. The molecule has 0 spiro atoms. The summed E-state index contributed by atoms with van der Waals surface area (Å²) in [7, 11) is -2.61. The van der Waals surface area contributed by atoms with E-state index in [0.717, 1.165) is 12.1 Å². The highest BCUT2D eigenvalue weighted by Crippen LogP contribution is 2.41. The van der Waals surface area contributed by atoms with Crippen LogP contribution in [-0.2, 0) is 25.7 Å². The van der Waals surface area contributed by atoms with Gasteiger partial charge in [-0.2, -0.15) is 17.5 Å². The largest absolute Gasteiger partial charge is 0.444 e. The van der Waals surface area contributed by atoms with Crippen LogP contribution in [0.3, 0.4) is 0 Å². The van der Waals surface area contributed by atoms with Gasteiger partial charge in [-0.05, 0) is 76.0 Å². The number of benzene rings is 1. The Bertz CT molecular complexity index is 1130. The van der Waals surface area contributed by atoms with Gasteiger partial charge in [0, 0.05) is 26.2 Å². The Morgan fingerprint density at radius 1 is 1.16 bits per heavy atom. The summed E-state index contributed by atoms with van der Waals surface area (Å²) in [5, 5.41) is 3.04. The predicted molar refractivity (Wildman–Crippen MR) is 136 cm³/mol.